The minimum absolute atomic E-state index is 0.0175. The summed E-state index contributed by atoms with van der Waals surface area (Å²) in [5, 5.41) is 13.7. The number of carbonyl (C=O) groups excluding carboxylic acids is 1. The number of nitrogens with one attached hydrogen (secondary N) is 2. The van der Waals surface area contributed by atoms with Crippen LogP contribution < -0.4 is 10.9 Å². The van der Waals surface area contributed by atoms with E-state index in [1.807, 2.05) is 18.2 Å². The van der Waals surface area contributed by atoms with Gasteiger partial charge in [0.1, 0.15) is 11.6 Å². The summed E-state index contributed by atoms with van der Waals surface area (Å²) >= 11 is 0. The molecule has 0 unspecified atom stereocenters. The van der Waals surface area contributed by atoms with E-state index in [1.165, 1.54) is 12.1 Å². The quantitative estimate of drug-likeness (QED) is 0.549. The minimum atomic E-state index is -0.602. The van der Waals surface area contributed by atoms with Gasteiger partial charge in [0, 0.05) is 30.0 Å². The van der Waals surface area contributed by atoms with Crippen LogP contribution in [0.1, 0.15) is 23.5 Å². The summed E-state index contributed by atoms with van der Waals surface area (Å²) in [5.41, 5.74) is 1.07. The van der Waals surface area contributed by atoms with Gasteiger partial charge in [-0.25, -0.2) is 4.98 Å². The van der Waals surface area contributed by atoms with Crippen molar-refractivity contribution in [2.75, 3.05) is 5.32 Å². The number of hydrogen-bond donors (Lipinski definition) is 2. The second-order valence-electron chi connectivity index (χ2n) is 6.20. The number of hydrogen-bond acceptors (Lipinski definition) is 5. The number of anilines is 1. The Bertz CT molecular complexity index is 1110. The Balaban J connectivity index is 1.85. The lowest BCUT2D eigenvalue weighted by atomic mass is 9.86. The van der Waals surface area contributed by atoms with Crippen LogP contribution in [0.3, 0.4) is 0 Å². The molecular weight excluding hydrogens is 348 g/mol. The lowest BCUT2D eigenvalue weighted by Crippen LogP contribution is -2.31. The molecule has 1 aromatic heterocycles. The average molecular weight is 362 g/mol. The van der Waals surface area contributed by atoms with Crippen LogP contribution in [0.5, 0.6) is 0 Å². The van der Waals surface area contributed by atoms with Crippen molar-refractivity contribution in [2.24, 2.45) is 0 Å². The molecule has 2 aromatic carbocycles. The second-order valence-corrected chi connectivity index (χ2v) is 6.20. The molecule has 1 amide bonds. The summed E-state index contributed by atoms with van der Waals surface area (Å²) in [4.78, 5) is 42.7. The minimum Gasteiger partial charge on any atom is -0.310 e. The maximum absolute atomic E-state index is 12.8. The first-order chi connectivity index (χ1) is 13.0. The highest BCUT2D eigenvalue weighted by Crippen LogP contribution is 2.35. The van der Waals surface area contributed by atoms with Crippen LogP contribution in [-0.2, 0) is 4.79 Å². The molecule has 1 atom stereocenters. The molecule has 0 aliphatic carbocycles. The zero-order valence-electron chi connectivity index (χ0n) is 14.0. The van der Waals surface area contributed by atoms with Crippen LogP contribution in [0.25, 0.3) is 11.4 Å². The van der Waals surface area contributed by atoms with Crippen molar-refractivity contribution in [1.29, 1.82) is 0 Å². The molecule has 2 heterocycles. The second kappa shape index (κ2) is 6.49. The summed E-state index contributed by atoms with van der Waals surface area (Å²) in [6.07, 6.45) is 0.0175. The SMILES string of the molecule is O=C1C[C@@H](c2cccc([N+](=O)[O-])c2)c2c(nc(-c3ccccc3)[nH]c2=O)N1. The first-order valence-electron chi connectivity index (χ1n) is 8.27. The van der Waals surface area contributed by atoms with Gasteiger partial charge in [-0.1, -0.05) is 42.5 Å². The van der Waals surface area contributed by atoms with E-state index in [9.17, 15) is 19.7 Å². The predicted octanol–water partition coefficient (Wildman–Crippen LogP) is 2.82. The molecule has 8 heteroatoms. The molecule has 0 saturated carbocycles. The zero-order valence-corrected chi connectivity index (χ0v) is 14.0. The first-order valence-corrected chi connectivity index (χ1v) is 8.27. The van der Waals surface area contributed by atoms with Crippen molar-refractivity contribution in [3.8, 4) is 11.4 Å². The molecule has 1 aliphatic rings. The first kappa shape index (κ1) is 16.6. The number of aromatic amines is 1. The topological polar surface area (TPSA) is 118 Å². The molecule has 134 valence electrons. The van der Waals surface area contributed by atoms with Crippen LogP contribution in [0.2, 0.25) is 0 Å². The third kappa shape index (κ3) is 3.08. The fraction of sp³-hybridized carbons (Fsp3) is 0.105. The predicted molar refractivity (Wildman–Crippen MR) is 98.5 cm³/mol. The maximum atomic E-state index is 12.8. The number of aromatic nitrogens is 2. The Morgan fingerprint density at radius 3 is 2.59 bits per heavy atom. The highest BCUT2D eigenvalue weighted by molar-refractivity contribution is 5.94. The zero-order chi connectivity index (χ0) is 19.0. The molecule has 4 rings (SSSR count). The number of nitro groups is 1. The molecule has 27 heavy (non-hydrogen) atoms. The lowest BCUT2D eigenvalue weighted by Gasteiger charge is -2.24. The van der Waals surface area contributed by atoms with E-state index in [1.54, 1.807) is 24.3 Å². The van der Waals surface area contributed by atoms with Gasteiger partial charge >= 0.3 is 0 Å². The summed E-state index contributed by atoms with van der Waals surface area (Å²) in [5.74, 6) is -0.365. The Hall–Kier alpha value is -3.81. The van der Waals surface area contributed by atoms with Crippen molar-refractivity contribution in [1.82, 2.24) is 9.97 Å². The number of amides is 1. The Kier molecular flexibility index (Phi) is 4.00. The van der Waals surface area contributed by atoms with Gasteiger partial charge in [0.25, 0.3) is 11.2 Å². The van der Waals surface area contributed by atoms with Crippen LogP contribution in [-0.4, -0.2) is 20.8 Å². The van der Waals surface area contributed by atoms with Crippen LogP contribution >= 0.6 is 0 Å². The van der Waals surface area contributed by atoms with Crippen molar-refractivity contribution >= 4 is 17.4 Å². The molecule has 0 bridgehead atoms. The Labute approximate surface area is 153 Å². The molecule has 8 nitrogen and oxygen atoms in total. The smallest absolute Gasteiger partial charge is 0.269 e. The number of carbonyl (C=O) groups is 1. The lowest BCUT2D eigenvalue weighted by molar-refractivity contribution is -0.384. The number of benzene rings is 2. The number of H-pyrrole nitrogens is 1. The van der Waals surface area contributed by atoms with E-state index < -0.39 is 10.8 Å². The van der Waals surface area contributed by atoms with Gasteiger partial charge in [-0.15, -0.1) is 0 Å². The fourth-order valence-electron chi connectivity index (χ4n) is 3.24. The molecule has 0 fully saturated rings. The van der Waals surface area contributed by atoms with Crippen molar-refractivity contribution < 1.29 is 9.72 Å². The van der Waals surface area contributed by atoms with Gasteiger partial charge in [-0.2, -0.15) is 0 Å². The van der Waals surface area contributed by atoms with Gasteiger partial charge < -0.3 is 10.3 Å². The summed E-state index contributed by atoms with van der Waals surface area (Å²) in [6, 6.07) is 15.1. The molecular formula is C19H14N4O4. The Morgan fingerprint density at radius 2 is 1.85 bits per heavy atom. The van der Waals surface area contributed by atoms with Crippen LogP contribution in [0.4, 0.5) is 11.5 Å². The monoisotopic (exact) mass is 362 g/mol. The van der Waals surface area contributed by atoms with Gasteiger partial charge in [0.15, 0.2) is 0 Å². The third-order valence-corrected chi connectivity index (χ3v) is 4.48. The molecule has 3 aromatic rings. The summed E-state index contributed by atoms with van der Waals surface area (Å²) in [7, 11) is 0. The van der Waals surface area contributed by atoms with E-state index >= 15 is 0 Å². The van der Waals surface area contributed by atoms with Gasteiger partial charge in [-0.05, 0) is 5.56 Å². The molecule has 0 radical (unpaired) electrons. The number of fused-ring (bicyclic) bond motifs is 1. The molecule has 0 saturated heterocycles. The highest BCUT2D eigenvalue weighted by Gasteiger charge is 2.31. The Morgan fingerprint density at radius 1 is 1.07 bits per heavy atom. The van der Waals surface area contributed by atoms with E-state index in [4.69, 9.17) is 0 Å². The van der Waals surface area contributed by atoms with Gasteiger partial charge in [-0.3, -0.25) is 19.7 Å². The molecule has 1 aliphatic heterocycles. The van der Waals surface area contributed by atoms with Crippen molar-refractivity contribution in [3.05, 3.63) is 86.2 Å². The maximum Gasteiger partial charge on any atom is 0.269 e. The van der Waals surface area contributed by atoms with Crippen molar-refractivity contribution in [3.63, 3.8) is 0 Å². The number of nitrogens with zero attached hydrogens (tertiary/aromatic N) is 2. The molecule has 2 N–H and O–H groups in total. The highest BCUT2D eigenvalue weighted by atomic mass is 16.6. The van der Waals surface area contributed by atoms with Crippen molar-refractivity contribution in [2.45, 2.75) is 12.3 Å². The van der Waals surface area contributed by atoms with E-state index in [0.29, 0.717) is 22.5 Å². The van der Waals surface area contributed by atoms with E-state index in [0.717, 1.165) is 0 Å². The summed E-state index contributed by atoms with van der Waals surface area (Å²) < 4.78 is 0. The third-order valence-electron chi connectivity index (χ3n) is 4.48. The van der Waals surface area contributed by atoms with Gasteiger partial charge in [0.05, 0.1) is 10.5 Å². The van der Waals surface area contributed by atoms with E-state index in [2.05, 4.69) is 15.3 Å². The number of nitro benzene ring substituents is 1. The van der Waals surface area contributed by atoms with Crippen LogP contribution in [0, 0.1) is 10.1 Å². The number of rotatable bonds is 3. The number of non-ortho nitro benzene ring substituents is 1. The fourth-order valence-corrected chi connectivity index (χ4v) is 3.24. The normalized spacial score (nSPS) is 15.7. The standard InChI is InChI=1S/C19H14N4O4/c24-15-10-14(12-7-4-8-13(9-12)23(26)27)16-18(20-15)21-17(22-19(16)25)11-5-2-1-3-6-11/h1-9,14H,10H2,(H2,20,21,22,24,25)/t14-/m0/s1. The largest absolute Gasteiger partial charge is 0.310 e. The average Bonchev–Trinajstić information content (AvgIpc) is 2.67. The van der Waals surface area contributed by atoms with E-state index in [-0.39, 0.29) is 29.4 Å². The summed E-state index contributed by atoms with van der Waals surface area (Å²) in [6.45, 7) is 0. The van der Waals surface area contributed by atoms with Gasteiger partial charge in [0.2, 0.25) is 5.91 Å². The van der Waals surface area contributed by atoms with Crippen LogP contribution in [0.15, 0.2) is 59.4 Å². The molecule has 0 spiro atoms.